The molecule has 2 aliphatic rings. The van der Waals surface area contributed by atoms with Gasteiger partial charge < -0.3 is 11.1 Å². The highest BCUT2D eigenvalue weighted by atomic mass is 32.2. The molecule has 0 radical (unpaired) electrons. The van der Waals surface area contributed by atoms with Crippen LogP contribution < -0.4 is 15.8 Å². The van der Waals surface area contributed by atoms with Gasteiger partial charge in [-0.2, -0.15) is 0 Å². The fourth-order valence-electron chi connectivity index (χ4n) is 2.44. The lowest BCUT2D eigenvalue weighted by molar-refractivity contribution is 0.0950. The summed E-state index contributed by atoms with van der Waals surface area (Å²) in [5.41, 5.74) is 6.29. The van der Waals surface area contributed by atoms with Crippen molar-refractivity contribution in [2.75, 3.05) is 13.1 Å². The fraction of sp³-hybridized carbons (Fsp3) is 0.562. The zero-order valence-corrected chi connectivity index (χ0v) is 13.8. The molecular formula is C16H23N3O3S. The second-order valence-electron chi connectivity index (χ2n) is 6.53. The summed E-state index contributed by atoms with van der Waals surface area (Å²) >= 11 is 0. The maximum Gasteiger partial charge on any atom is 0.251 e. The van der Waals surface area contributed by atoms with E-state index in [2.05, 4.69) is 10.0 Å². The quantitative estimate of drug-likeness (QED) is 0.654. The van der Waals surface area contributed by atoms with Gasteiger partial charge in [0.1, 0.15) is 0 Å². The Labute approximate surface area is 136 Å². The summed E-state index contributed by atoms with van der Waals surface area (Å²) in [5, 5.41) is 2.78. The predicted molar refractivity (Wildman–Crippen MR) is 87.4 cm³/mol. The Morgan fingerprint density at radius 1 is 1.26 bits per heavy atom. The Kier molecular flexibility index (Phi) is 4.70. The molecule has 23 heavy (non-hydrogen) atoms. The molecule has 2 saturated carbocycles. The summed E-state index contributed by atoms with van der Waals surface area (Å²) in [6, 6.07) is 6.08. The summed E-state index contributed by atoms with van der Waals surface area (Å²) in [4.78, 5) is 12.3. The molecule has 1 amide bonds. The molecule has 4 N–H and O–H groups in total. The number of carbonyl (C=O) groups is 1. The third kappa shape index (κ3) is 4.53. The van der Waals surface area contributed by atoms with Crippen LogP contribution in [0.3, 0.4) is 0 Å². The van der Waals surface area contributed by atoms with Crippen molar-refractivity contribution in [1.29, 1.82) is 0 Å². The van der Waals surface area contributed by atoms with E-state index in [0.717, 1.165) is 25.7 Å². The van der Waals surface area contributed by atoms with Crippen molar-refractivity contribution in [3.63, 3.8) is 0 Å². The molecule has 1 aromatic rings. The van der Waals surface area contributed by atoms with Crippen LogP contribution in [0.2, 0.25) is 0 Å². The van der Waals surface area contributed by atoms with Gasteiger partial charge in [-0.25, -0.2) is 13.1 Å². The molecular weight excluding hydrogens is 314 g/mol. The number of nitrogens with one attached hydrogen (secondary N) is 2. The van der Waals surface area contributed by atoms with Crippen molar-refractivity contribution >= 4 is 15.9 Å². The van der Waals surface area contributed by atoms with E-state index >= 15 is 0 Å². The topological polar surface area (TPSA) is 101 Å². The lowest BCUT2D eigenvalue weighted by Gasteiger charge is -2.12. The van der Waals surface area contributed by atoms with Gasteiger partial charge in [0, 0.05) is 24.7 Å². The summed E-state index contributed by atoms with van der Waals surface area (Å²) in [7, 11) is -3.56. The third-order valence-electron chi connectivity index (χ3n) is 4.39. The first-order chi connectivity index (χ1) is 11.0. The average molecular weight is 337 g/mol. The Balaban J connectivity index is 1.62. The number of benzene rings is 1. The standard InChI is InChI=1S/C16H23N3O3S/c17-15(12-6-7-12)10-18-16(20)13-2-1-3-14(8-13)23(21,22)19-9-11-4-5-11/h1-3,8,11-12,15,19H,4-7,9-10,17H2,(H,18,20). The van der Waals surface area contributed by atoms with E-state index < -0.39 is 10.0 Å². The van der Waals surface area contributed by atoms with E-state index in [1.165, 1.54) is 12.1 Å². The Morgan fingerprint density at radius 2 is 2.00 bits per heavy atom. The highest BCUT2D eigenvalue weighted by Gasteiger charge is 2.28. The van der Waals surface area contributed by atoms with Gasteiger partial charge in [-0.1, -0.05) is 6.07 Å². The van der Waals surface area contributed by atoms with Crippen molar-refractivity contribution in [1.82, 2.24) is 10.0 Å². The van der Waals surface area contributed by atoms with Gasteiger partial charge in [0.15, 0.2) is 0 Å². The number of hydrogen-bond donors (Lipinski definition) is 3. The molecule has 1 aromatic carbocycles. The van der Waals surface area contributed by atoms with Crippen LogP contribution in [-0.4, -0.2) is 33.5 Å². The minimum atomic E-state index is -3.56. The predicted octanol–water partition coefficient (Wildman–Crippen LogP) is 0.842. The second kappa shape index (κ2) is 6.59. The molecule has 2 fully saturated rings. The largest absolute Gasteiger partial charge is 0.350 e. The fourth-order valence-corrected chi connectivity index (χ4v) is 3.60. The van der Waals surface area contributed by atoms with Crippen LogP contribution in [0, 0.1) is 11.8 Å². The van der Waals surface area contributed by atoms with Gasteiger partial charge in [-0.05, 0) is 55.7 Å². The van der Waals surface area contributed by atoms with Gasteiger partial charge in [0.05, 0.1) is 4.90 Å². The number of sulfonamides is 1. The monoisotopic (exact) mass is 337 g/mol. The molecule has 0 bridgehead atoms. The highest BCUT2D eigenvalue weighted by molar-refractivity contribution is 7.89. The van der Waals surface area contributed by atoms with Gasteiger partial charge >= 0.3 is 0 Å². The number of carbonyl (C=O) groups excluding carboxylic acids is 1. The van der Waals surface area contributed by atoms with Crippen LogP contribution in [0.5, 0.6) is 0 Å². The van der Waals surface area contributed by atoms with E-state index in [0.29, 0.717) is 30.5 Å². The lowest BCUT2D eigenvalue weighted by Crippen LogP contribution is -2.38. The smallest absolute Gasteiger partial charge is 0.251 e. The van der Waals surface area contributed by atoms with Gasteiger partial charge in [0.2, 0.25) is 10.0 Å². The van der Waals surface area contributed by atoms with E-state index in [4.69, 9.17) is 5.73 Å². The zero-order chi connectivity index (χ0) is 16.4. The van der Waals surface area contributed by atoms with Crippen LogP contribution >= 0.6 is 0 Å². The second-order valence-corrected chi connectivity index (χ2v) is 8.30. The van der Waals surface area contributed by atoms with Crippen LogP contribution in [0.25, 0.3) is 0 Å². The van der Waals surface area contributed by atoms with Gasteiger partial charge in [0.25, 0.3) is 5.91 Å². The molecule has 0 heterocycles. The first-order valence-electron chi connectivity index (χ1n) is 8.09. The van der Waals surface area contributed by atoms with E-state index in [9.17, 15) is 13.2 Å². The Morgan fingerprint density at radius 3 is 2.65 bits per heavy atom. The zero-order valence-electron chi connectivity index (χ0n) is 13.0. The van der Waals surface area contributed by atoms with Crippen molar-refractivity contribution in [3.05, 3.63) is 29.8 Å². The van der Waals surface area contributed by atoms with E-state index in [1.807, 2.05) is 0 Å². The van der Waals surface area contributed by atoms with Crippen LogP contribution in [-0.2, 0) is 10.0 Å². The number of hydrogen-bond acceptors (Lipinski definition) is 4. The van der Waals surface area contributed by atoms with Crippen molar-refractivity contribution in [2.24, 2.45) is 17.6 Å². The molecule has 0 spiro atoms. The summed E-state index contributed by atoms with van der Waals surface area (Å²) < 4.78 is 27.1. The normalized spacial score (nSPS) is 19.3. The number of rotatable bonds is 8. The van der Waals surface area contributed by atoms with Gasteiger partial charge in [-0.15, -0.1) is 0 Å². The maximum absolute atomic E-state index is 12.2. The Bertz CT molecular complexity index is 682. The minimum Gasteiger partial charge on any atom is -0.350 e. The highest BCUT2D eigenvalue weighted by Crippen LogP contribution is 2.31. The third-order valence-corrected chi connectivity index (χ3v) is 5.81. The SMILES string of the molecule is NC(CNC(=O)c1cccc(S(=O)(=O)NCC2CC2)c1)C1CC1. The van der Waals surface area contributed by atoms with Crippen LogP contribution in [0.4, 0.5) is 0 Å². The Hall–Kier alpha value is -1.44. The molecule has 0 saturated heterocycles. The van der Waals surface area contributed by atoms with E-state index in [1.54, 1.807) is 12.1 Å². The molecule has 0 aromatic heterocycles. The molecule has 2 aliphatic carbocycles. The number of amides is 1. The molecule has 1 atom stereocenters. The summed E-state index contributed by atoms with van der Waals surface area (Å²) in [5.74, 6) is 0.675. The minimum absolute atomic E-state index is 0.0222. The lowest BCUT2D eigenvalue weighted by atomic mass is 10.2. The van der Waals surface area contributed by atoms with Crippen LogP contribution in [0.1, 0.15) is 36.0 Å². The van der Waals surface area contributed by atoms with E-state index in [-0.39, 0.29) is 16.8 Å². The maximum atomic E-state index is 12.2. The molecule has 7 heteroatoms. The first-order valence-corrected chi connectivity index (χ1v) is 9.57. The van der Waals surface area contributed by atoms with Gasteiger partial charge in [-0.3, -0.25) is 4.79 Å². The van der Waals surface area contributed by atoms with Crippen molar-refractivity contribution in [3.8, 4) is 0 Å². The molecule has 1 unspecified atom stereocenters. The average Bonchev–Trinajstić information content (AvgIpc) is 3.42. The molecule has 126 valence electrons. The van der Waals surface area contributed by atoms with Crippen molar-refractivity contribution in [2.45, 2.75) is 36.6 Å². The first kappa shape index (κ1) is 16.4. The van der Waals surface area contributed by atoms with Crippen LogP contribution in [0.15, 0.2) is 29.2 Å². The molecule has 0 aliphatic heterocycles. The van der Waals surface area contributed by atoms with Crippen molar-refractivity contribution < 1.29 is 13.2 Å². The summed E-state index contributed by atoms with van der Waals surface area (Å²) in [6.45, 7) is 0.884. The molecule has 6 nitrogen and oxygen atoms in total. The summed E-state index contributed by atoms with van der Waals surface area (Å²) in [6.07, 6.45) is 4.40. The molecule has 3 rings (SSSR count). The number of nitrogens with two attached hydrogens (primary N) is 1.